The van der Waals surface area contributed by atoms with Crippen LogP contribution in [0.3, 0.4) is 0 Å². The smallest absolute Gasteiger partial charge is 0.234 e. The Morgan fingerprint density at radius 1 is 1.27 bits per heavy atom. The largest absolute Gasteiger partial charge is 0.330 e. The zero-order valence-electron chi connectivity index (χ0n) is 8.98. The second-order valence-corrected chi connectivity index (χ2v) is 4.35. The molecule has 0 spiro atoms. The molecule has 0 aromatic heterocycles. The van der Waals surface area contributed by atoms with E-state index < -0.39 is 0 Å². The number of hydrogen-bond acceptors (Lipinski definition) is 4. The SMILES string of the molecule is CN1C(=O)[C@@H]2CN(CCCN)C[C@H]2C1=O. The van der Waals surface area contributed by atoms with Gasteiger partial charge in [0.15, 0.2) is 0 Å². The Morgan fingerprint density at radius 3 is 2.27 bits per heavy atom. The lowest BCUT2D eigenvalue weighted by molar-refractivity contribution is -0.138. The van der Waals surface area contributed by atoms with Crippen LogP contribution in [-0.2, 0) is 9.59 Å². The highest BCUT2D eigenvalue weighted by molar-refractivity contribution is 6.05. The van der Waals surface area contributed by atoms with Crippen molar-refractivity contribution in [1.29, 1.82) is 0 Å². The van der Waals surface area contributed by atoms with Crippen molar-refractivity contribution < 1.29 is 9.59 Å². The highest BCUT2D eigenvalue weighted by Gasteiger charge is 2.50. The molecular weight excluding hydrogens is 194 g/mol. The van der Waals surface area contributed by atoms with E-state index >= 15 is 0 Å². The van der Waals surface area contributed by atoms with E-state index in [-0.39, 0.29) is 23.7 Å². The first-order valence-corrected chi connectivity index (χ1v) is 5.39. The topological polar surface area (TPSA) is 66.6 Å². The molecule has 84 valence electrons. The van der Waals surface area contributed by atoms with Gasteiger partial charge in [-0.2, -0.15) is 0 Å². The maximum atomic E-state index is 11.7. The van der Waals surface area contributed by atoms with Gasteiger partial charge in [0.05, 0.1) is 11.8 Å². The number of amides is 2. The average Bonchev–Trinajstić information content (AvgIpc) is 2.73. The van der Waals surface area contributed by atoms with Gasteiger partial charge in [-0.1, -0.05) is 0 Å². The van der Waals surface area contributed by atoms with Gasteiger partial charge in [0, 0.05) is 20.1 Å². The van der Waals surface area contributed by atoms with Crippen LogP contribution in [0.25, 0.3) is 0 Å². The van der Waals surface area contributed by atoms with Crippen molar-refractivity contribution in [3.05, 3.63) is 0 Å². The summed E-state index contributed by atoms with van der Waals surface area (Å²) in [5.41, 5.74) is 5.43. The average molecular weight is 211 g/mol. The minimum absolute atomic E-state index is 0.0137. The minimum Gasteiger partial charge on any atom is -0.330 e. The molecule has 2 N–H and O–H groups in total. The van der Waals surface area contributed by atoms with Gasteiger partial charge in [-0.25, -0.2) is 0 Å². The fourth-order valence-corrected chi connectivity index (χ4v) is 2.49. The number of likely N-dealkylation sites (tertiary alicyclic amines) is 2. The molecule has 2 heterocycles. The number of hydrogen-bond donors (Lipinski definition) is 1. The fraction of sp³-hybridized carbons (Fsp3) is 0.800. The molecular formula is C10H17N3O2. The number of fused-ring (bicyclic) bond motifs is 1. The molecule has 5 nitrogen and oxygen atoms in total. The third kappa shape index (κ3) is 1.66. The normalized spacial score (nSPS) is 31.5. The first-order valence-electron chi connectivity index (χ1n) is 5.39. The Bertz CT molecular complexity index is 268. The summed E-state index contributed by atoms with van der Waals surface area (Å²) in [5.74, 6) is -0.221. The number of carbonyl (C=O) groups is 2. The Labute approximate surface area is 89.2 Å². The minimum atomic E-state index is -0.0970. The van der Waals surface area contributed by atoms with Gasteiger partial charge < -0.3 is 10.6 Å². The van der Waals surface area contributed by atoms with Crippen molar-refractivity contribution in [1.82, 2.24) is 9.80 Å². The molecule has 2 atom stereocenters. The predicted octanol–water partition coefficient (Wildman–Crippen LogP) is -1.12. The monoisotopic (exact) mass is 211 g/mol. The Morgan fingerprint density at radius 2 is 1.80 bits per heavy atom. The van der Waals surface area contributed by atoms with Crippen molar-refractivity contribution in [2.75, 3.05) is 33.2 Å². The number of nitrogens with zero attached hydrogens (tertiary/aromatic N) is 2. The van der Waals surface area contributed by atoms with Crippen LogP contribution in [-0.4, -0.2) is 54.8 Å². The summed E-state index contributed by atoms with van der Waals surface area (Å²) >= 11 is 0. The molecule has 2 saturated heterocycles. The van der Waals surface area contributed by atoms with Crippen molar-refractivity contribution in [3.8, 4) is 0 Å². The molecule has 0 unspecified atom stereocenters. The summed E-state index contributed by atoms with van der Waals surface area (Å²) < 4.78 is 0. The molecule has 2 aliphatic heterocycles. The van der Waals surface area contributed by atoms with Crippen LogP contribution in [0.2, 0.25) is 0 Å². The molecule has 2 fully saturated rings. The summed E-state index contributed by atoms with van der Waals surface area (Å²) in [4.78, 5) is 26.8. The Hall–Kier alpha value is -0.940. The van der Waals surface area contributed by atoms with Gasteiger partial charge in [-0.15, -0.1) is 0 Å². The van der Waals surface area contributed by atoms with Gasteiger partial charge in [0.2, 0.25) is 11.8 Å². The fourth-order valence-electron chi connectivity index (χ4n) is 2.49. The summed E-state index contributed by atoms with van der Waals surface area (Å²) in [6, 6.07) is 0. The maximum Gasteiger partial charge on any atom is 0.234 e. The lowest BCUT2D eigenvalue weighted by Gasteiger charge is -2.17. The zero-order chi connectivity index (χ0) is 11.0. The third-order valence-electron chi connectivity index (χ3n) is 3.37. The molecule has 15 heavy (non-hydrogen) atoms. The number of nitrogens with two attached hydrogens (primary N) is 1. The van der Waals surface area contributed by atoms with Crippen molar-refractivity contribution in [2.45, 2.75) is 6.42 Å². The third-order valence-corrected chi connectivity index (χ3v) is 3.37. The van der Waals surface area contributed by atoms with Crippen LogP contribution < -0.4 is 5.73 Å². The molecule has 5 heteroatoms. The Balaban J connectivity index is 1.99. The second-order valence-electron chi connectivity index (χ2n) is 4.35. The van der Waals surface area contributed by atoms with Crippen molar-refractivity contribution in [2.24, 2.45) is 17.6 Å². The predicted molar refractivity (Wildman–Crippen MR) is 54.9 cm³/mol. The van der Waals surface area contributed by atoms with E-state index in [2.05, 4.69) is 4.90 Å². The molecule has 0 aromatic carbocycles. The van der Waals surface area contributed by atoms with Gasteiger partial charge >= 0.3 is 0 Å². The highest BCUT2D eigenvalue weighted by atomic mass is 16.2. The molecule has 2 aliphatic rings. The molecule has 0 aliphatic carbocycles. The van der Waals surface area contributed by atoms with Crippen LogP contribution in [0.15, 0.2) is 0 Å². The van der Waals surface area contributed by atoms with Crippen molar-refractivity contribution >= 4 is 11.8 Å². The van der Waals surface area contributed by atoms with E-state index in [9.17, 15) is 9.59 Å². The van der Waals surface area contributed by atoms with E-state index in [1.807, 2.05) is 0 Å². The molecule has 0 aromatic rings. The van der Waals surface area contributed by atoms with E-state index in [1.165, 1.54) is 4.90 Å². The molecule has 0 saturated carbocycles. The van der Waals surface area contributed by atoms with Crippen LogP contribution in [0, 0.1) is 11.8 Å². The van der Waals surface area contributed by atoms with Crippen molar-refractivity contribution in [3.63, 3.8) is 0 Å². The van der Waals surface area contributed by atoms with E-state index in [4.69, 9.17) is 5.73 Å². The summed E-state index contributed by atoms with van der Waals surface area (Å²) in [6.07, 6.45) is 0.928. The van der Waals surface area contributed by atoms with Crippen LogP contribution in [0.4, 0.5) is 0 Å². The quantitative estimate of drug-likeness (QED) is 0.601. The first kappa shape index (κ1) is 10.6. The van der Waals surface area contributed by atoms with E-state index in [1.54, 1.807) is 7.05 Å². The maximum absolute atomic E-state index is 11.7. The van der Waals surface area contributed by atoms with Gasteiger partial charge in [-0.3, -0.25) is 14.5 Å². The molecule has 0 bridgehead atoms. The number of imide groups is 1. The second kappa shape index (κ2) is 3.90. The number of carbonyl (C=O) groups excluding carboxylic acids is 2. The lowest BCUT2D eigenvalue weighted by Crippen LogP contribution is -2.33. The van der Waals surface area contributed by atoms with E-state index in [0.29, 0.717) is 6.54 Å². The lowest BCUT2D eigenvalue weighted by atomic mass is 10.00. The molecule has 2 amide bonds. The van der Waals surface area contributed by atoms with E-state index in [0.717, 1.165) is 26.1 Å². The van der Waals surface area contributed by atoms with Crippen LogP contribution in [0.1, 0.15) is 6.42 Å². The summed E-state index contributed by atoms with van der Waals surface area (Å²) in [5, 5.41) is 0. The van der Waals surface area contributed by atoms with Crippen LogP contribution >= 0.6 is 0 Å². The first-order chi connectivity index (χ1) is 7.15. The van der Waals surface area contributed by atoms with Gasteiger partial charge in [-0.05, 0) is 19.5 Å². The zero-order valence-corrected chi connectivity index (χ0v) is 8.98. The Kier molecular flexibility index (Phi) is 2.75. The molecule has 0 radical (unpaired) electrons. The number of rotatable bonds is 3. The van der Waals surface area contributed by atoms with Gasteiger partial charge in [0.25, 0.3) is 0 Å². The summed E-state index contributed by atoms with van der Waals surface area (Å²) in [7, 11) is 1.58. The highest BCUT2D eigenvalue weighted by Crippen LogP contribution is 2.32. The summed E-state index contributed by atoms with van der Waals surface area (Å²) in [6.45, 7) is 3.00. The standard InChI is InChI=1S/C10H17N3O2/c1-12-9(14)7-5-13(4-2-3-11)6-8(7)10(12)15/h7-8H,2-6,11H2,1H3/t7-,8-/m1/s1. The van der Waals surface area contributed by atoms with Gasteiger partial charge in [0.1, 0.15) is 0 Å². The van der Waals surface area contributed by atoms with Crippen LogP contribution in [0.5, 0.6) is 0 Å². The molecule has 2 rings (SSSR count).